The number of benzene rings is 4. The highest BCUT2D eigenvalue weighted by molar-refractivity contribution is 6.67. The quantitative estimate of drug-likeness (QED) is 0.0315. The Balaban J connectivity index is 1.66. The molecule has 0 fully saturated rings. The lowest BCUT2D eigenvalue weighted by Gasteiger charge is -2.19. The van der Waals surface area contributed by atoms with Crippen molar-refractivity contribution in [2.24, 2.45) is 10.2 Å². The normalized spacial score (nSPS) is 11.3. The Labute approximate surface area is 333 Å². The maximum Gasteiger partial charge on any atom is 0.279 e. The molecule has 58 heavy (non-hydrogen) atoms. The number of nitro benzene ring substituents is 2. The molecule has 18 heteroatoms. The van der Waals surface area contributed by atoms with Crippen LogP contribution in [0.1, 0.15) is 51.7 Å². The van der Waals surface area contributed by atoms with E-state index in [0.29, 0.717) is 48.9 Å². The van der Waals surface area contributed by atoms with Crippen molar-refractivity contribution in [2.45, 2.75) is 54.4 Å². The molecule has 0 unspecified atom stereocenters. The van der Waals surface area contributed by atoms with Gasteiger partial charge in [0.1, 0.15) is 11.5 Å². The van der Waals surface area contributed by atoms with Gasteiger partial charge >= 0.3 is 0 Å². The first kappa shape index (κ1) is 43.2. The van der Waals surface area contributed by atoms with E-state index in [9.17, 15) is 39.4 Å². The first-order chi connectivity index (χ1) is 27.6. The summed E-state index contributed by atoms with van der Waals surface area (Å²) in [5.74, 6) is -2.18. The third-order valence-electron chi connectivity index (χ3n) is 8.21. The van der Waals surface area contributed by atoms with E-state index < -0.39 is 44.7 Å². The highest BCUT2D eigenvalue weighted by atomic mass is 16.6. The third-order valence-corrected chi connectivity index (χ3v) is 8.21. The Kier molecular flexibility index (Phi) is 14.8. The number of ether oxygens (including phenoxy) is 2. The lowest BCUT2D eigenvalue weighted by atomic mass is 9.95. The van der Waals surface area contributed by atoms with Crippen molar-refractivity contribution < 1.29 is 38.5 Å². The van der Waals surface area contributed by atoms with Crippen molar-refractivity contribution in [2.75, 3.05) is 34.7 Å². The molecule has 0 aliphatic heterocycles. The maximum absolute atomic E-state index is 13.0. The Hall–Kier alpha value is -7.50. The fraction of sp³-hybridized carbons (Fsp3) is 0.250. The molecule has 0 atom stereocenters. The van der Waals surface area contributed by atoms with Crippen LogP contribution in [0.3, 0.4) is 0 Å². The molecular formula is C40H42N8O10. The van der Waals surface area contributed by atoms with Gasteiger partial charge in [-0.25, -0.2) is 0 Å². The summed E-state index contributed by atoms with van der Waals surface area (Å²) in [5, 5.41) is 35.3. The summed E-state index contributed by atoms with van der Waals surface area (Å²) < 4.78 is 12.2. The molecule has 302 valence electrons. The van der Waals surface area contributed by atoms with Gasteiger partial charge in [0.2, 0.25) is 0 Å². The van der Waals surface area contributed by atoms with E-state index in [-0.39, 0.29) is 22.7 Å². The highest BCUT2D eigenvalue weighted by Gasteiger charge is 2.21. The summed E-state index contributed by atoms with van der Waals surface area (Å²) in [5.41, 5.74) is 8.59. The number of nitrogens with one attached hydrogen (secondary N) is 4. The number of carbonyl (C=O) groups excluding carboxylic acids is 4. The Morgan fingerprint density at radius 3 is 1.24 bits per heavy atom. The predicted molar refractivity (Wildman–Crippen MR) is 220 cm³/mol. The predicted octanol–water partition coefficient (Wildman–Crippen LogP) is 7.36. The topological polar surface area (TPSA) is 246 Å². The van der Waals surface area contributed by atoms with E-state index in [1.165, 1.54) is 62.4 Å². The second-order valence-corrected chi connectivity index (χ2v) is 12.8. The smallest absolute Gasteiger partial charge is 0.279 e. The maximum atomic E-state index is 13.0. The van der Waals surface area contributed by atoms with Gasteiger partial charge in [-0.2, -0.15) is 10.2 Å². The van der Waals surface area contributed by atoms with Crippen LogP contribution in [-0.4, -0.2) is 57.9 Å². The van der Waals surface area contributed by atoms with Crippen LogP contribution in [0, 0.1) is 34.1 Å². The van der Waals surface area contributed by atoms with E-state index in [1.54, 1.807) is 24.3 Å². The Morgan fingerprint density at radius 2 is 0.948 bits per heavy atom. The van der Waals surface area contributed by atoms with E-state index in [2.05, 4.69) is 31.7 Å². The van der Waals surface area contributed by atoms with Crippen LogP contribution in [0.25, 0.3) is 11.1 Å². The number of rotatable bonds is 19. The van der Waals surface area contributed by atoms with Crippen LogP contribution in [0.2, 0.25) is 0 Å². The van der Waals surface area contributed by atoms with Gasteiger partial charge in [0, 0.05) is 49.5 Å². The van der Waals surface area contributed by atoms with E-state index in [0.717, 1.165) is 22.3 Å². The van der Waals surface area contributed by atoms with E-state index in [1.807, 2.05) is 27.7 Å². The van der Waals surface area contributed by atoms with Gasteiger partial charge in [-0.3, -0.25) is 50.3 Å². The molecule has 0 spiro atoms. The fourth-order valence-corrected chi connectivity index (χ4v) is 5.32. The van der Waals surface area contributed by atoms with Gasteiger partial charge in [0.25, 0.3) is 23.2 Å². The van der Waals surface area contributed by atoms with Crippen molar-refractivity contribution in [3.8, 4) is 22.6 Å². The molecule has 0 radical (unpaired) electrons. The highest BCUT2D eigenvalue weighted by Crippen LogP contribution is 2.40. The molecule has 0 saturated heterocycles. The van der Waals surface area contributed by atoms with Gasteiger partial charge in [-0.15, -0.1) is 0 Å². The fourth-order valence-electron chi connectivity index (χ4n) is 5.32. The lowest BCUT2D eigenvalue weighted by Crippen LogP contribution is -2.29. The van der Waals surface area contributed by atoms with Gasteiger partial charge < -0.3 is 20.1 Å². The van der Waals surface area contributed by atoms with Crippen LogP contribution >= 0.6 is 0 Å². The minimum Gasteiger partial charge on any atom is -0.491 e. The van der Waals surface area contributed by atoms with Crippen LogP contribution in [0.4, 0.5) is 34.1 Å². The summed E-state index contributed by atoms with van der Waals surface area (Å²) in [6, 6.07) is 17.3. The Morgan fingerprint density at radius 1 is 0.603 bits per heavy atom. The molecule has 4 N–H and O–H groups in total. The summed E-state index contributed by atoms with van der Waals surface area (Å²) in [6.07, 6.45) is 1.34. The first-order valence-electron chi connectivity index (χ1n) is 18.0. The van der Waals surface area contributed by atoms with Gasteiger partial charge in [0.05, 0.1) is 34.4 Å². The molecule has 0 aromatic heterocycles. The first-order valence-corrected chi connectivity index (χ1v) is 18.0. The van der Waals surface area contributed by atoms with Crippen LogP contribution in [0.5, 0.6) is 11.5 Å². The second kappa shape index (κ2) is 19.9. The Bertz CT molecular complexity index is 2130. The molecule has 0 heterocycles. The number of ketones is 2. The summed E-state index contributed by atoms with van der Waals surface area (Å²) in [6.45, 7) is 10.6. The monoisotopic (exact) mass is 794 g/mol. The summed E-state index contributed by atoms with van der Waals surface area (Å²) in [4.78, 5) is 71.9. The molecule has 0 aliphatic carbocycles. The minimum atomic E-state index is -0.827. The zero-order chi connectivity index (χ0) is 42.5. The van der Waals surface area contributed by atoms with Gasteiger partial charge in [0.15, 0.2) is 23.0 Å². The number of carbonyl (C=O) groups is 4. The average Bonchev–Trinajstić information content (AvgIpc) is 3.17. The number of nitro groups is 2. The number of aryl methyl sites for hydroxylation is 2. The van der Waals surface area contributed by atoms with Crippen molar-refractivity contribution in [3.05, 3.63) is 104 Å². The number of hydrogen-bond acceptors (Lipinski definition) is 14. The molecule has 18 nitrogen and oxygen atoms in total. The molecule has 4 aromatic carbocycles. The zero-order valence-electron chi connectivity index (χ0n) is 32.6. The van der Waals surface area contributed by atoms with Crippen LogP contribution in [0.15, 0.2) is 83.0 Å². The molecule has 0 saturated carbocycles. The van der Waals surface area contributed by atoms with Crippen molar-refractivity contribution in [3.63, 3.8) is 0 Å². The van der Waals surface area contributed by atoms with Crippen molar-refractivity contribution in [1.29, 1.82) is 0 Å². The van der Waals surface area contributed by atoms with Crippen LogP contribution in [-0.2, 0) is 19.2 Å². The third kappa shape index (κ3) is 11.3. The summed E-state index contributed by atoms with van der Waals surface area (Å²) >= 11 is 0. The lowest BCUT2D eigenvalue weighted by molar-refractivity contribution is -0.385. The minimum absolute atomic E-state index is 0.163. The number of nitrogens with zero attached hydrogens (tertiary/aromatic N) is 4. The standard InChI is InChI=1S/C40H42N8O10/c1-7-17-57-35-21-31(23(3)19-33(35)43-45-37(25(5)49)39(51)41-27-9-13-29(14-10-27)47(53)54)32-22-36(58-18-8-2)34(20-24(32)4)44-46-38(26(6)50)40(52)42-28-11-15-30(16-12-28)48(55)56/h9-16,19-22,43-44H,7-8,17-18H2,1-6H3,(H,41,51)(H,42,52)/b45-37+,46-38+. The molecule has 0 aliphatic rings. The molecule has 4 rings (SSSR count). The zero-order valence-corrected chi connectivity index (χ0v) is 32.6. The van der Waals surface area contributed by atoms with Crippen molar-refractivity contribution >= 4 is 68.9 Å². The number of hydrogen-bond donors (Lipinski definition) is 4. The second-order valence-electron chi connectivity index (χ2n) is 12.8. The molecule has 2 amide bonds. The number of amides is 2. The largest absolute Gasteiger partial charge is 0.491 e. The molecular weight excluding hydrogens is 752 g/mol. The van der Waals surface area contributed by atoms with Gasteiger partial charge in [-0.1, -0.05) is 13.8 Å². The summed E-state index contributed by atoms with van der Waals surface area (Å²) in [7, 11) is 0. The number of anilines is 4. The average molecular weight is 795 g/mol. The number of hydrazone groups is 2. The SMILES string of the molecule is CCCOc1cc(-c2cc(OCCC)c(N/N=C(\C(C)=O)C(=O)Nc3ccc([N+](=O)[O-])cc3)cc2C)c(C)cc1N/N=C(\C(C)=O)C(=O)Nc1ccc([N+](=O)[O-])cc1. The molecule has 0 bridgehead atoms. The van der Waals surface area contributed by atoms with E-state index >= 15 is 0 Å². The number of Topliss-reactive ketones (excluding diaryl/α,β-unsaturated/α-hetero) is 2. The van der Waals surface area contributed by atoms with Crippen molar-refractivity contribution in [1.82, 2.24) is 0 Å². The van der Waals surface area contributed by atoms with E-state index in [4.69, 9.17) is 9.47 Å². The van der Waals surface area contributed by atoms with Crippen LogP contribution < -0.4 is 31.0 Å². The molecule has 4 aromatic rings. The van der Waals surface area contributed by atoms with Gasteiger partial charge in [-0.05, 0) is 97.5 Å². The number of non-ortho nitro benzene ring substituents is 2.